The summed E-state index contributed by atoms with van der Waals surface area (Å²) in [7, 11) is 0. The van der Waals surface area contributed by atoms with Gasteiger partial charge in [-0.15, -0.1) is 0 Å². The molecule has 1 rings (SSSR count). The minimum absolute atomic E-state index is 0.255. The minimum atomic E-state index is 0.255. The number of hydrogen-bond acceptors (Lipinski definition) is 2. The smallest absolute Gasteiger partial charge is 0.0945 e. The standard InChI is InChI=1S/C7H12N4/c8-7(9)2-1-4-11-5-3-10-6-11/h3,5-6H,1-2,4H2,(H3,8,9). The lowest BCUT2D eigenvalue weighted by Gasteiger charge is -1.99. The van der Waals surface area contributed by atoms with Crippen molar-refractivity contribution in [2.45, 2.75) is 19.4 Å². The third-order valence-electron chi connectivity index (χ3n) is 1.42. The number of aromatic nitrogens is 2. The molecule has 0 aliphatic rings. The Labute approximate surface area is 65.6 Å². The molecule has 1 heterocycles. The Morgan fingerprint density at radius 3 is 3.00 bits per heavy atom. The maximum Gasteiger partial charge on any atom is 0.0945 e. The van der Waals surface area contributed by atoms with Crippen molar-refractivity contribution in [1.29, 1.82) is 5.41 Å². The lowest BCUT2D eigenvalue weighted by molar-refractivity contribution is 0.656. The Balaban J connectivity index is 2.19. The van der Waals surface area contributed by atoms with Crippen LogP contribution in [0, 0.1) is 5.41 Å². The Morgan fingerprint density at radius 2 is 2.45 bits per heavy atom. The topological polar surface area (TPSA) is 67.7 Å². The summed E-state index contributed by atoms with van der Waals surface area (Å²) in [5.41, 5.74) is 5.19. The molecule has 0 saturated heterocycles. The van der Waals surface area contributed by atoms with Crippen molar-refractivity contribution < 1.29 is 0 Å². The zero-order valence-electron chi connectivity index (χ0n) is 6.33. The highest BCUT2D eigenvalue weighted by Gasteiger charge is 1.91. The summed E-state index contributed by atoms with van der Waals surface area (Å²) in [6.07, 6.45) is 6.98. The fourth-order valence-corrected chi connectivity index (χ4v) is 0.871. The third kappa shape index (κ3) is 2.84. The van der Waals surface area contributed by atoms with Gasteiger partial charge < -0.3 is 10.3 Å². The number of amidine groups is 1. The monoisotopic (exact) mass is 152 g/mol. The summed E-state index contributed by atoms with van der Waals surface area (Å²) in [6, 6.07) is 0. The zero-order valence-corrected chi connectivity index (χ0v) is 6.33. The molecule has 0 amide bonds. The summed E-state index contributed by atoms with van der Waals surface area (Å²) in [5.74, 6) is 0.255. The Morgan fingerprint density at radius 1 is 1.64 bits per heavy atom. The molecule has 4 heteroatoms. The molecule has 1 aromatic rings. The van der Waals surface area contributed by atoms with Gasteiger partial charge in [0.15, 0.2) is 0 Å². The first kappa shape index (κ1) is 7.78. The van der Waals surface area contributed by atoms with Gasteiger partial charge in [0.2, 0.25) is 0 Å². The van der Waals surface area contributed by atoms with E-state index in [2.05, 4.69) is 4.98 Å². The Bertz CT molecular complexity index is 214. The molecule has 1 aromatic heterocycles. The number of imidazole rings is 1. The van der Waals surface area contributed by atoms with E-state index in [9.17, 15) is 0 Å². The van der Waals surface area contributed by atoms with Crippen LogP contribution in [0.25, 0.3) is 0 Å². The molecule has 0 bridgehead atoms. The highest BCUT2D eigenvalue weighted by molar-refractivity contribution is 5.76. The van der Waals surface area contributed by atoms with E-state index in [1.54, 1.807) is 12.5 Å². The van der Waals surface area contributed by atoms with Crippen molar-refractivity contribution in [3.05, 3.63) is 18.7 Å². The van der Waals surface area contributed by atoms with Gasteiger partial charge in [0.1, 0.15) is 0 Å². The van der Waals surface area contributed by atoms with Crippen molar-refractivity contribution in [1.82, 2.24) is 9.55 Å². The molecule has 11 heavy (non-hydrogen) atoms. The number of nitrogens with one attached hydrogen (secondary N) is 1. The summed E-state index contributed by atoms with van der Waals surface area (Å²) in [4.78, 5) is 3.90. The molecule has 3 N–H and O–H groups in total. The Kier molecular flexibility index (Phi) is 2.66. The molecule has 0 saturated carbocycles. The van der Waals surface area contributed by atoms with Gasteiger partial charge in [0, 0.05) is 25.4 Å². The van der Waals surface area contributed by atoms with E-state index < -0.39 is 0 Å². The van der Waals surface area contributed by atoms with Crippen molar-refractivity contribution in [3.8, 4) is 0 Å². The van der Waals surface area contributed by atoms with Gasteiger partial charge in [-0.3, -0.25) is 5.41 Å². The van der Waals surface area contributed by atoms with Gasteiger partial charge in [-0.25, -0.2) is 4.98 Å². The van der Waals surface area contributed by atoms with Crippen LogP contribution >= 0.6 is 0 Å². The fraction of sp³-hybridized carbons (Fsp3) is 0.429. The van der Waals surface area contributed by atoms with Gasteiger partial charge in [-0.2, -0.15) is 0 Å². The quantitative estimate of drug-likeness (QED) is 0.490. The van der Waals surface area contributed by atoms with E-state index in [0.717, 1.165) is 13.0 Å². The van der Waals surface area contributed by atoms with Crippen LogP contribution < -0.4 is 5.73 Å². The van der Waals surface area contributed by atoms with Crippen LogP contribution in [0.5, 0.6) is 0 Å². The lowest BCUT2D eigenvalue weighted by atomic mass is 10.3. The molecule has 60 valence electrons. The van der Waals surface area contributed by atoms with E-state index in [-0.39, 0.29) is 5.84 Å². The maximum atomic E-state index is 6.98. The molecular weight excluding hydrogens is 140 g/mol. The maximum absolute atomic E-state index is 6.98. The highest BCUT2D eigenvalue weighted by Crippen LogP contribution is 1.93. The summed E-state index contributed by atoms with van der Waals surface area (Å²) in [6.45, 7) is 0.888. The van der Waals surface area contributed by atoms with Gasteiger partial charge in [0.25, 0.3) is 0 Å². The van der Waals surface area contributed by atoms with E-state index in [4.69, 9.17) is 11.1 Å². The van der Waals surface area contributed by atoms with Crippen molar-refractivity contribution in [2.75, 3.05) is 0 Å². The van der Waals surface area contributed by atoms with E-state index in [1.165, 1.54) is 0 Å². The number of nitrogens with two attached hydrogens (primary N) is 1. The lowest BCUT2D eigenvalue weighted by Crippen LogP contribution is -2.10. The van der Waals surface area contributed by atoms with Crippen LogP contribution in [-0.4, -0.2) is 15.4 Å². The molecule has 0 aliphatic heterocycles. The van der Waals surface area contributed by atoms with E-state index in [1.807, 2.05) is 10.8 Å². The van der Waals surface area contributed by atoms with Crippen LogP contribution in [0.3, 0.4) is 0 Å². The van der Waals surface area contributed by atoms with Gasteiger partial charge in [-0.1, -0.05) is 0 Å². The van der Waals surface area contributed by atoms with E-state index in [0.29, 0.717) is 6.42 Å². The number of hydrogen-bond donors (Lipinski definition) is 2. The summed E-state index contributed by atoms with van der Waals surface area (Å²) in [5, 5.41) is 6.98. The third-order valence-corrected chi connectivity index (χ3v) is 1.42. The predicted molar refractivity (Wildman–Crippen MR) is 43.4 cm³/mol. The average molecular weight is 152 g/mol. The summed E-state index contributed by atoms with van der Waals surface area (Å²) < 4.78 is 1.98. The molecule has 0 atom stereocenters. The van der Waals surface area contributed by atoms with Crippen LogP contribution in [0.1, 0.15) is 12.8 Å². The molecule has 0 aliphatic carbocycles. The Hall–Kier alpha value is -1.32. The SMILES string of the molecule is N=C(N)CCCn1ccnc1. The number of nitrogens with zero attached hydrogens (tertiary/aromatic N) is 2. The van der Waals surface area contributed by atoms with Crippen molar-refractivity contribution in [3.63, 3.8) is 0 Å². The minimum Gasteiger partial charge on any atom is -0.388 e. The number of aryl methyl sites for hydroxylation is 1. The molecule has 0 radical (unpaired) electrons. The molecule has 0 spiro atoms. The van der Waals surface area contributed by atoms with E-state index >= 15 is 0 Å². The first-order valence-corrected chi connectivity index (χ1v) is 3.57. The number of rotatable bonds is 4. The normalized spacial score (nSPS) is 9.82. The summed E-state index contributed by atoms with van der Waals surface area (Å²) >= 11 is 0. The van der Waals surface area contributed by atoms with Crippen LogP contribution in [-0.2, 0) is 6.54 Å². The van der Waals surface area contributed by atoms with Gasteiger partial charge in [-0.05, 0) is 6.42 Å². The second-order valence-corrected chi connectivity index (χ2v) is 2.43. The molecule has 0 aromatic carbocycles. The van der Waals surface area contributed by atoms with Gasteiger partial charge >= 0.3 is 0 Å². The first-order valence-electron chi connectivity index (χ1n) is 3.57. The fourth-order valence-electron chi connectivity index (χ4n) is 0.871. The molecular formula is C7H12N4. The molecule has 4 nitrogen and oxygen atoms in total. The molecule has 0 unspecified atom stereocenters. The predicted octanol–water partition coefficient (Wildman–Crippen LogP) is 0.599. The van der Waals surface area contributed by atoms with Crippen LogP contribution in [0.2, 0.25) is 0 Å². The largest absolute Gasteiger partial charge is 0.388 e. The van der Waals surface area contributed by atoms with Crippen LogP contribution in [0.4, 0.5) is 0 Å². The highest BCUT2D eigenvalue weighted by atomic mass is 15.0. The average Bonchev–Trinajstić information content (AvgIpc) is 2.39. The van der Waals surface area contributed by atoms with Crippen molar-refractivity contribution in [2.24, 2.45) is 5.73 Å². The van der Waals surface area contributed by atoms with Gasteiger partial charge in [0.05, 0.1) is 12.2 Å². The second-order valence-electron chi connectivity index (χ2n) is 2.43. The van der Waals surface area contributed by atoms with Crippen molar-refractivity contribution >= 4 is 5.84 Å². The second kappa shape index (κ2) is 3.75. The zero-order chi connectivity index (χ0) is 8.10. The molecule has 0 fully saturated rings. The first-order chi connectivity index (χ1) is 5.29. The van der Waals surface area contributed by atoms with Crippen LogP contribution in [0.15, 0.2) is 18.7 Å².